The van der Waals surface area contributed by atoms with Gasteiger partial charge in [-0.2, -0.15) is 0 Å². The second kappa shape index (κ2) is 6.03. The van der Waals surface area contributed by atoms with Crippen LogP contribution in [0.4, 0.5) is 5.69 Å². The first-order chi connectivity index (χ1) is 10.6. The number of nitrogens with zero attached hydrogens (tertiary/aromatic N) is 1. The van der Waals surface area contributed by atoms with Crippen molar-refractivity contribution in [1.82, 2.24) is 9.97 Å². The predicted octanol–water partition coefficient (Wildman–Crippen LogP) is 4.29. The van der Waals surface area contributed by atoms with E-state index in [1.165, 1.54) is 0 Å². The van der Waals surface area contributed by atoms with E-state index in [-0.39, 0.29) is 5.91 Å². The fourth-order valence-corrected chi connectivity index (χ4v) is 2.24. The van der Waals surface area contributed by atoms with Gasteiger partial charge in [0, 0.05) is 17.4 Å². The molecule has 0 aliphatic rings. The first-order valence-electron chi connectivity index (χ1n) is 6.80. The van der Waals surface area contributed by atoms with Gasteiger partial charge in [0.2, 0.25) is 0 Å². The molecular weight excluding hydrogens is 298 g/mol. The summed E-state index contributed by atoms with van der Waals surface area (Å²) in [6.07, 6.45) is 5.13. The van der Waals surface area contributed by atoms with Gasteiger partial charge in [-0.25, -0.2) is 0 Å². The first kappa shape index (κ1) is 14.4. The zero-order valence-corrected chi connectivity index (χ0v) is 12.7. The normalized spacial score (nSPS) is 10.5. The second-order valence-electron chi connectivity index (χ2n) is 4.95. The van der Waals surface area contributed by atoms with Gasteiger partial charge in [0.05, 0.1) is 11.9 Å². The van der Waals surface area contributed by atoms with Crippen LogP contribution in [0.1, 0.15) is 16.1 Å². The summed E-state index contributed by atoms with van der Waals surface area (Å²) < 4.78 is 0. The Balaban J connectivity index is 1.80. The van der Waals surface area contributed by atoms with Gasteiger partial charge in [0.15, 0.2) is 0 Å². The van der Waals surface area contributed by atoms with Gasteiger partial charge in [-0.15, -0.1) is 0 Å². The first-order valence-corrected chi connectivity index (χ1v) is 7.17. The Labute approximate surface area is 133 Å². The van der Waals surface area contributed by atoms with Gasteiger partial charge < -0.3 is 10.3 Å². The molecule has 0 spiro atoms. The summed E-state index contributed by atoms with van der Waals surface area (Å²) in [5, 5.41) is 3.53. The Morgan fingerprint density at radius 2 is 1.95 bits per heavy atom. The van der Waals surface area contributed by atoms with Crippen LogP contribution in [0, 0.1) is 6.92 Å². The molecule has 0 aliphatic heterocycles. The molecule has 1 amide bonds. The van der Waals surface area contributed by atoms with Crippen LogP contribution in [0.25, 0.3) is 11.1 Å². The number of aromatic amines is 1. The molecule has 0 bridgehead atoms. The highest BCUT2D eigenvalue weighted by molar-refractivity contribution is 6.30. The van der Waals surface area contributed by atoms with Gasteiger partial charge in [-0.1, -0.05) is 23.7 Å². The molecular formula is C17H14ClN3O. The number of amides is 1. The molecule has 2 heterocycles. The number of nitrogens with one attached hydrogen (secondary N) is 2. The minimum atomic E-state index is -0.198. The van der Waals surface area contributed by atoms with Crippen molar-refractivity contribution in [2.75, 3.05) is 5.32 Å². The second-order valence-corrected chi connectivity index (χ2v) is 5.39. The molecule has 0 atom stereocenters. The van der Waals surface area contributed by atoms with E-state index < -0.39 is 0 Å². The molecule has 5 heteroatoms. The van der Waals surface area contributed by atoms with Crippen LogP contribution in [0.3, 0.4) is 0 Å². The quantitative estimate of drug-likeness (QED) is 0.758. The van der Waals surface area contributed by atoms with E-state index in [1.807, 2.05) is 43.3 Å². The van der Waals surface area contributed by atoms with Crippen molar-refractivity contribution < 1.29 is 4.79 Å². The molecule has 2 aromatic heterocycles. The average molecular weight is 312 g/mol. The van der Waals surface area contributed by atoms with Gasteiger partial charge >= 0.3 is 0 Å². The lowest BCUT2D eigenvalue weighted by Gasteiger charge is -2.05. The predicted molar refractivity (Wildman–Crippen MR) is 88.2 cm³/mol. The monoisotopic (exact) mass is 311 g/mol. The Bertz CT molecular complexity index is 809. The molecule has 22 heavy (non-hydrogen) atoms. The summed E-state index contributed by atoms with van der Waals surface area (Å²) in [6.45, 7) is 1.92. The minimum Gasteiger partial charge on any atom is -0.357 e. The van der Waals surface area contributed by atoms with E-state index >= 15 is 0 Å². The summed E-state index contributed by atoms with van der Waals surface area (Å²) in [7, 11) is 0. The van der Waals surface area contributed by atoms with Crippen molar-refractivity contribution in [3.8, 4) is 11.1 Å². The number of halogens is 1. The maximum Gasteiger partial charge on any atom is 0.272 e. The Morgan fingerprint density at radius 3 is 2.68 bits per heavy atom. The van der Waals surface area contributed by atoms with Crippen molar-refractivity contribution in [1.29, 1.82) is 0 Å². The van der Waals surface area contributed by atoms with Crippen molar-refractivity contribution in [2.24, 2.45) is 0 Å². The SMILES string of the molecule is Cc1ccncc1NC(=O)c1cc(-c2ccc(Cl)cc2)c[nH]1. The molecule has 110 valence electrons. The van der Waals surface area contributed by atoms with Crippen LogP contribution in [-0.2, 0) is 0 Å². The molecule has 3 aromatic rings. The Morgan fingerprint density at radius 1 is 1.18 bits per heavy atom. The van der Waals surface area contributed by atoms with Crippen LogP contribution in [0.2, 0.25) is 5.02 Å². The molecule has 0 aliphatic carbocycles. The van der Waals surface area contributed by atoms with Gasteiger partial charge in [-0.05, 0) is 47.9 Å². The fourth-order valence-electron chi connectivity index (χ4n) is 2.12. The number of H-pyrrole nitrogens is 1. The zero-order chi connectivity index (χ0) is 15.5. The number of carbonyl (C=O) groups is 1. The number of anilines is 1. The largest absolute Gasteiger partial charge is 0.357 e. The van der Waals surface area contributed by atoms with Crippen molar-refractivity contribution in [2.45, 2.75) is 6.92 Å². The Hall–Kier alpha value is -2.59. The fraction of sp³-hybridized carbons (Fsp3) is 0.0588. The number of pyridine rings is 1. The van der Waals surface area contributed by atoms with E-state index in [9.17, 15) is 4.79 Å². The highest BCUT2D eigenvalue weighted by Gasteiger charge is 2.11. The molecule has 2 N–H and O–H groups in total. The molecule has 3 rings (SSSR count). The van der Waals surface area contributed by atoms with Crippen molar-refractivity contribution in [3.05, 3.63) is 71.3 Å². The lowest BCUT2D eigenvalue weighted by molar-refractivity contribution is 0.102. The summed E-state index contributed by atoms with van der Waals surface area (Å²) >= 11 is 5.88. The van der Waals surface area contributed by atoms with Crippen molar-refractivity contribution >= 4 is 23.2 Å². The number of aryl methyl sites for hydroxylation is 1. The van der Waals surface area contributed by atoms with Gasteiger partial charge in [0.25, 0.3) is 5.91 Å². The van der Waals surface area contributed by atoms with Crippen LogP contribution in [0.5, 0.6) is 0 Å². The smallest absolute Gasteiger partial charge is 0.272 e. The zero-order valence-electron chi connectivity index (χ0n) is 11.9. The molecule has 0 unspecified atom stereocenters. The number of carbonyl (C=O) groups excluding carboxylic acids is 1. The summed E-state index contributed by atoms with van der Waals surface area (Å²) in [5.41, 5.74) is 4.10. The van der Waals surface area contributed by atoms with Crippen LogP contribution in [0.15, 0.2) is 55.0 Å². The summed E-state index contributed by atoms with van der Waals surface area (Å²) in [4.78, 5) is 19.3. The summed E-state index contributed by atoms with van der Waals surface area (Å²) in [6, 6.07) is 11.1. The van der Waals surface area contributed by atoms with Gasteiger partial charge in [-0.3, -0.25) is 9.78 Å². The topological polar surface area (TPSA) is 57.8 Å². The lowest BCUT2D eigenvalue weighted by Crippen LogP contribution is -2.13. The maximum atomic E-state index is 12.3. The van der Waals surface area contributed by atoms with Crippen LogP contribution < -0.4 is 5.32 Å². The van der Waals surface area contributed by atoms with E-state index in [0.717, 1.165) is 16.7 Å². The maximum absolute atomic E-state index is 12.3. The van der Waals surface area contributed by atoms with E-state index in [1.54, 1.807) is 18.6 Å². The number of aromatic nitrogens is 2. The average Bonchev–Trinajstić information content (AvgIpc) is 3.00. The molecule has 0 saturated carbocycles. The van der Waals surface area contributed by atoms with Crippen LogP contribution >= 0.6 is 11.6 Å². The minimum absolute atomic E-state index is 0.198. The van der Waals surface area contributed by atoms with E-state index in [0.29, 0.717) is 16.4 Å². The Kier molecular flexibility index (Phi) is 3.94. The third-order valence-electron chi connectivity index (χ3n) is 3.39. The van der Waals surface area contributed by atoms with Crippen molar-refractivity contribution in [3.63, 3.8) is 0 Å². The third kappa shape index (κ3) is 3.02. The summed E-state index contributed by atoms with van der Waals surface area (Å²) in [5.74, 6) is -0.198. The molecule has 0 saturated heterocycles. The molecule has 0 radical (unpaired) electrons. The third-order valence-corrected chi connectivity index (χ3v) is 3.64. The number of benzene rings is 1. The lowest BCUT2D eigenvalue weighted by atomic mass is 10.1. The standard InChI is InChI=1S/C17H14ClN3O/c1-11-6-7-19-10-16(11)21-17(22)15-8-13(9-20-15)12-2-4-14(18)5-3-12/h2-10,20H,1H3,(H,21,22). The molecule has 1 aromatic carbocycles. The van der Waals surface area contributed by atoms with Crippen LogP contribution in [-0.4, -0.2) is 15.9 Å². The van der Waals surface area contributed by atoms with Gasteiger partial charge in [0.1, 0.15) is 5.69 Å². The van der Waals surface area contributed by atoms with E-state index in [2.05, 4.69) is 15.3 Å². The number of hydrogen-bond acceptors (Lipinski definition) is 2. The van der Waals surface area contributed by atoms with E-state index in [4.69, 9.17) is 11.6 Å². The number of rotatable bonds is 3. The number of hydrogen-bond donors (Lipinski definition) is 2. The molecule has 4 nitrogen and oxygen atoms in total. The highest BCUT2D eigenvalue weighted by atomic mass is 35.5. The molecule has 0 fully saturated rings. The highest BCUT2D eigenvalue weighted by Crippen LogP contribution is 2.23.